The molecule has 0 aliphatic heterocycles. The van der Waals surface area contributed by atoms with Gasteiger partial charge in [-0.15, -0.1) is 0 Å². The molecule has 0 saturated heterocycles. The van der Waals surface area contributed by atoms with Crippen LogP contribution in [-0.2, 0) is 0 Å². The summed E-state index contributed by atoms with van der Waals surface area (Å²) < 4.78 is 0. The number of rotatable bonds is 8. The molecule has 0 bridgehead atoms. The number of aliphatic hydroxyl groups is 1. The van der Waals surface area contributed by atoms with Crippen molar-refractivity contribution in [3.8, 4) is 0 Å². The lowest BCUT2D eigenvalue weighted by molar-refractivity contribution is 0.250. The molecule has 0 amide bonds. The van der Waals surface area contributed by atoms with Crippen LogP contribution in [0.15, 0.2) is 24.3 Å². The Hall–Kier alpha value is -0.510. The number of nitrogens with one attached hydrogen (secondary N) is 1. The molecule has 19 heavy (non-hydrogen) atoms. The van der Waals surface area contributed by atoms with Crippen LogP contribution in [0.5, 0.6) is 0 Å². The number of aryl methyl sites for hydroxylation is 1. The zero-order chi connectivity index (χ0) is 14.3. The summed E-state index contributed by atoms with van der Waals surface area (Å²) in [4.78, 5) is 0. The van der Waals surface area contributed by atoms with Crippen molar-refractivity contribution in [3.63, 3.8) is 0 Å². The minimum Gasteiger partial charge on any atom is -0.396 e. The number of hydrogen-bond acceptors (Lipinski definition) is 3. The minimum absolute atomic E-state index is 0.274. The van der Waals surface area contributed by atoms with E-state index >= 15 is 0 Å². The fourth-order valence-electron chi connectivity index (χ4n) is 2.01. The Kier molecular flexibility index (Phi) is 7.51. The summed E-state index contributed by atoms with van der Waals surface area (Å²) in [6.45, 7) is 9.87. The molecule has 0 spiro atoms. The van der Waals surface area contributed by atoms with Crippen LogP contribution in [-0.4, -0.2) is 29.3 Å². The van der Waals surface area contributed by atoms with Crippen LogP contribution < -0.4 is 5.32 Å². The highest BCUT2D eigenvalue weighted by Crippen LogP contribution is 2.28. The predicted octanol–water partition coefficient (Wildman–Crippen LogP) is 3.40. The molecule has 0 aliphatic rings. The van der Waals surface area contributed by atoms with E-state index in [-0.39, 0.29) is 6.61 Å². The first kappa shape index (κ1) is 16.5. The lowest BCUT2D eigenvalue weighted by atomic mass is 10.0. The number of thioether (sulfide) groups is 1. The summed E-state index contributed by atoms with van der Waals surface area (Å²) in [5.74, 6) is 1.37. The molecule has 3 heteroatoms. The Labute approximate surface area is 122 Å². The third-order valence-corrected chi connectivity index (χ3v) is 4.84. The monoisotopic (exact) mass is 281 g/mol. The summed E-state index contributed by atoms with van der Waals surface area (Å²) in [7, 11) is 0. The second-order valence-electron chi connectivity index (χ2n) is 5.27. The maximum atomic E-state index is 9.11. The Morgan fingerprint density at radius 2 is 1.84 bits per heavy atom. The van der Waals surface area contributed by atoms with E-state index in [1.54, 1.807) is 0 Å². The molecule has 1 aromatic carbocycles. The van der Waals surface area contributed by atoms with Gasteiger partial charge in [-0.25, -0.2) is 0 Å². The number of benzene rings is 1. The average molecular weight is 281 g/mol. The average Bonchev–Trinajstić information content (AvgIpc) is 2.43. The predicted molar refractivity (Wildman–Crippen MR) is 85.8 cm³/mol. The molecule has 0 heterocycles. The first-order valence-corrected chi connectivity index (χ1v) is 8.15. The van der Waals surface area contributed by atoms with Crippen LogP contribution in [0.4, 0.5) is 0 Å². The van der Waals surface area contributed by atoms with Crippen LogP contribution in [0.2, 0.25) is 0 Å². The first-order valence-electron chi connectivity index (χ1n) is 7.10. The third-order valence-electron chi connectivity index (χ3n) is 3.29. The van der Waals surface area contributed by atoms with E-state index in [9.17, 15) is 0 Å². The van der Waals surface area contributed by atoms with Crippen molar-refractivity contribution >= 4 is 11.8 Å². The van der Waals surface area contributed by atoms with Crippen molar-refractivity contribution in [2.45, 2.75) is 39.0 Å². The number of aliphatic hydroxyl groups excluding tert-OH is 1. The van der Waals surface area contributed by atoms with Gasteiger partial charge in [0.2, 0.25) is 0 Å². The summed E-state index contributed by atoms with van der Waals surface area (Å²) >= 11 is 1.93. The Morgan fingerprint density at radius 1 is 1.21 bits per heavy atom. The first-order chi connectivity index (χ1) is 9.08. The third kappa shape index (κ3) is 5.55. The van der Waals surface area contributed by atoms with Gasteiger partial charge in [0.25, 0.3) is 0 Å². The van der Waals surface area contributed by atoms with Crippen LogP contribution in [0, 0.1) is 12.8 Å². The van der Waals surface area contributed by atoms with Crippen LogP contribution in [0.1, 0.15) is 37.9 Å². The Morgan fingerprint density at radius 3 is 2.37 bits per heavy atom. The molecule has 0 aromatic heterocycles. The quantitative estimate of drug-likeness (QED) is 0.766. The van der Waals surface area contributed by atoms with Crippen LogP contribution in [0.3, 0.4) is 0 Å². The standard InChI is InChI=1S/C16H27NOS/c1-5-17-16(14(4)19-11-13(3)10-18)15-8-6-12(2)7-9-15/h6-9,13-14,16-18H,5,10-11H2,1-4H3. The fraction of sp³-hybridized carbons (Fsp3) is 0.625. The Balaban J connectivity index is 2.67. The maximum Gasteiger partial charge on any atom is 0.0464 e. The topological polar surface area (TPSA) is 32.3 Å². The fourth-order valence-corrected chi connectivity index (χ4v) is 3.20. The van der Waals surface area contributed by atoms with Crippen molar-refractivity contribution in [1.82, 2.24) is 5.32 Å². The van der Waals surface area contributed by atoms with E-state index in [4.69, 9.17) is 5.11 Å². The zero-order valence-electron chi connectivity index (χ0n) is 12.5. The second-order valence-corrected chi connectivity index (χ2v) is 6.68. The van der Waals surface area contributed by atoms with E-state index in [0.29, 0.717) is 17.2 Å². The van der Waals surface area contributed by atoms with Crippen molar-refractivity contribution in [3.05, 3.63) is 35.4 Å². The summed E-state index contributed by atoms with van der Waals surface area (Å²) in [6, 6.07) is 9.16. The smallest absolute Gasteiger partial charge is 0.0464 e. The van der Waals surface area contributed by atoms with E-state index in [1.807, 2.05) is 11.8 Å². The van der Waals surface area contributed by atoms with Gasteiger partial charge in [0.1, 0.15) is 0 Å². The van der Waals surface area contributed by atoms with Crippen molar-refractivity contribution in [2.24, 2.45) is 5.92 Å². The molecule has 108 valence electrons. The van der Waals surface area contributed by atoms with Gasteiger partial charge >= 0.3 is 0 Å². The molecule has 3 atom stereocenters. The van der Waals surface area contributed by atoms with Gasteiger partial charge in [-0.05, 0) is 30.7 Å². The molecule has 3 unspecified atom stereocenters. The molecule has 0 radical (unpaired) electrons. The van der Waals surface area contributed by atoms with Gasteiger partial charge in [-0.2, -0.15) is 11.8 Å². The minimum atomic E-state index is 0.274. The summed E-state index contributed by atoms with van der Waals surface area (Å²) in [6.07, 6.45) is 0. The van der Waals surface area contributed by atoms with E-state index < -0.39 is 0 Å². The molecule has 0 aliphatic carbocycles. The second kappa shape index (κ2) is 8.62. The maximum absolute atomic E-state index is 9.11. The summed E-state index contributed by atoms with van der Waals surface area (Å²) in [5.41, 5.74) is 2.65. The SMILES string of the molecule is CCNC(c1ccc(C)cc1)C(C)SCC(C)CO. The highest BCUT2D eigenvalue weighted by atomic mass is 32.2. The van der Waals surface area contributed by atoms with E-state index in [1.165, 1.54) is 11.1 Å². The molecule has 2 nitrogen and oxygen atoms in total. The summed E-state index contributed by atoms with van der Waals surface area (Å²) in [5, 5.41) is 13.2. The molecule has 2 N–H and O–H groups in total. The van der Waals surface area contributed by atoms with E-state index in [0.717, 1.165) is 12.3 Å². The highest BCUT2D eigenvalue weighted by molar-refractivity contribution is 7.99. The van der Waals surface area contributed by atoms with Crippen LogP contribution >= 0.6 is 11.8 Å². The Bertz CT molecular complexity index is 352. The van der Waals surface area contributed by atoms with Gasteiger partial charge < -0.3 is 10.4 Å². The van der Waals surface area contributed by atoms with Crippen molar-refractivity contribution in [1.29, 1.82) is 0 Å². The van der Waals surface area contributed by atoms with Crippen LogP contribution in [0.25, 0.3) is 0 Å². The highest BCUT2D eigenvalue weighted by Gasteiger charge is 2.19. The molecule has 1 aromatic rings. The molecular formula is C16H27NOS. The molecule has 0 fully saturated rings. The van der Waals surface area contributed by atoms with Gasteiger partial charge in [-0.1, -0.05) is 50.6 Å². The van der Waals surface area contributed by atoms with E-state index in [2.05, 4.69) is 57.3 Å². The van der Waals surface area contributed by atoms with Gasteiger partial charge in [-0.3, -0.25) is 0 Å². The largest absolute Gasteiger partial charge is 0.396 e. The molecule has 0 saturated carbocycles. The van der Waals surface area contributed by atoms with Gasteiger partial charge in [0.15, 0.2) is 0 Å². The number of hydrogen-bond donors (Lipinski definition) is 2. The van der Waals surface area contributed by atoms with Crippen molar-refractivity contribution < 1.29 is 5.11 Å². The molecular weight excluding hydrogens is 254 g/mol. The lowest BCUT2D eigenvalue weighted by Crippen LogP contribution is -2.29. The normalized spacial score (nSPS) is 16.1. The lowest BCUT2D eigenvalue weighted by Gasteiger charge is -2.26. The molecule has 1 rings (SSSR count). The van der Waals surface area contributed by atoms with Crippen molar-refractivity contribution in [2.75, 3.05) is 18.9 Å². The van der Waals surface area contributed by atoms with Gasteiger partial charge in [0.05, 0.1) is 0 Å². The van der Waals surface area contributed by atoms with Gasteiger partial charge in [0, 0.05) is 17.9 Å². The zero-order valence-corrected chi connectivity index (χ0v) is 13.3.